The Morgan fingerprint density at radius 1 is 1.31 bits per heavy atom. The highest BCUT2D eigenvalue weighted by Crippen LogP contribution is 2.28. The molecule has 0 radical (unpaired) electrons. The van der Waals surface area contributed by atoms with Gasteiger partial charge >= 0.3 is 0 Å². The number of benzene rings is 1. The monoisotopic (exact) mass is 192 g/mol. The van der Waals surface area contributed by atoms with Crippen LogP contribution in [0, 0.1) is 0 Å². The Kier molecular flexibility index (Phi) is 2.07. The van der Waals surface area contributed by atoms with Gasteiger partial charge in [0.25, 0.3) is 0 Å². The van der Waals surface area contributed by atoms with Crippen LogP contribution in [0.25, 0.3) is 10.9 Å². The van der Waals surface area contributed by atoms with Crippen molar-refractivity contribution in [2.24, 2.45) is 0 Å². The summed E-state index contributed by atoms with van der Waals surface area (Å²) >= 11 is 5.98. The van der Waals surface area contributed by atoms with Crippen molar-refractivity contribution in [2.75, 3.05) is 12.4 Å². The molecule has 1 heterocycles. The highest BCUT2D eigenvalue weighted by molar-refractivity contribution is 6.34. The van der Waals surface area contributed by atoms with Gasteiger partial charge in [0.1, 0.15) is 0 Å². The molecule has 2 nitrogen and oxygen atoms in total. The first kappa shape index (κ1) is 8.32. The van der Waals surface area contributed by atoms with Crippen molar-refractivity contribution in [1.29, 1.82) is 0 Å². The van der Waals surface area contributed by atoms with Crippen LogP contribution in [0.2, 0.25) is 5.02 Å². The molecule has 1 N–H and O–H groups in total. The van der Waals surface area contributed by atoms with E-state index in [2.05, 4.69) is 10.3 Å². The standard InChI is InChI=1S/C10H9ClN2/c1-12-10-7-4-2-3-5-9(7)13-6-8(10)11/h2-6H,1H3,(H,12,13). The second-order valence-corrected chi connectivity index (χ2v) is 3.16. The lowest BCUT2D eigenvalue weighted by atomic mass is 10.2. The summed E-state index contributed by atoms with van der Waals surface area (Å²) in [6.45, 7) is 0. The Bertz CT molecular complexity index is 440. The van der Waals surface area contributed by atoms with Gasteiger partial charge in [-0.3, -0.25) is 4.98 Å². The molecular weight excluding hydrogens is 184 g/mol. The van der Waals surface area contributed by atoms with Gasteiger partial charge in [-0.1, -0.05) is 29.8 Å². The van der Waals surface area contributed by atoms with Crippen molar-refractivity contribution in [3.8, 4) is 0 Å². The zero-order valence-electron chi connectivity index (χ0n) is 7.21. The van der Waals surface area contributed by atoms with E-state index in [-0.39, 0.29) is 0 Å². The van der Waals surface area contributed by atoms with Crippen LogP contribution in [0.1, 0.15) is 0 Å². The van der Waals surface area contributed by atoms with E-state index in [0.29, 0.717) is 5.02 Å². The predicted molar refractivity (Wildman–Crippen MR) is 56.3 cm³/mol. The molecule has 0 spiro atoms. The second-order valence-electron chi connectivity index (χ2n) is 2.75. The fraction of sp³-hybridized carbons (Fsp3) is 0.100. The Morgan fingerprint density at radius 2 is 2.08 bits per heavy atom. The number of para-hydroxylation sites is 1. The van der Waals surface area contributed by atoms with E-state index in [9.17, 15) is 0 Å². The minimum absolute atomic E-state index is 0.654. The van der Waals surface area contributed by atoms with Crippen LogP contribution in [-0.4, -0.2) is 12.0 Å². The highest BCUT2D eigenvalue weighted by atomic mass is 35.5. The number of fused-ring (bicyclic) bond motifs is 1. The molecule has 0 aliphatic heterocycles. The molecule has 0 aliphatic rings. The average Bonchev–Trinajstić information content (AvgIpc) is 2.18. The molecule has 0 fully saturated rings. The molecule has 13 heavy (non-hydrogen) atoms. The van der Waals surface area contributed by atoms with Crippen LogP contribution in [0.3, 0.4) is 0 Å². The molecule has 0 bridgehead atoms. The molecule has 0 saturated heterocycles. The number of aromatic nitrogens is 1. The van der Waals surface area contributed by atoms with Crippen molar-refractivity contribution in [2.45, 2.75) is 0 Å². The Balaban J connectivity index is 2.84. The molecule has 0 atom stereocenters. The zero-order chi connectivity index (χ0) is 9.26. The van der Waals surface area contributed by atoms with E-state index in [0.717, 1.165) is 16.6 Å². The highest BCUT2D eigenvalue weighted by Gasteiger charge is 2.03. The number of nitrogens with one attached hydrogen (secondary N) is 1. The molecule has 0 aliphatic carbocycles. The lowest BCUT2D eigenvalue weighted by molar-refractivity contribution is 1.39. The Morgan fingerprint density at radius 3 is 2.85 bits per heavy atom. The molecule has 1 aromatic heterocycles. The molecule has 3 heteroatoms. The van der Waals surface area contributed by atoms with Gasteiger partial charge in [0, 0.05) is 18.6 Å². The molecule has 0 amide bonds. The van der Waals surface area contributed by atoms with Gasteiger partial charge in [-0.15, -0.1) is 0 Å². The van der Waals surface area contributed by atoms with Gasteiger partial charge in [-0.25, -0.2) is 0 Å². The molecule has 1 aromatic carbocycles. The van der Waals surface area contributed by atoms with Crippen LogP contribution in [0.4, 0.5) is 5.69 Å². The number of rotatable bonds is 1. The normalized spacial score (nSPS) is 10.3. The average molecular weight is 193 g/mol. The fourth-order valence-electron chi connectivity index (χ4n) is 1.37. The minimum atomic E-state index is 0.654. The summed E-state index contributed by atoms with van der Waals surface area (Å²) in [5.41, 5.74) is 1.89. The first-order valence-electron chi connectivity index (χ1n) is 4.04. The van der Waals surface area contributed by atoms with Gasteiger partial charge in [0.05, 0.1) is 16.2 Å². The molecular formula is C10H9ClN2. The SMILES string of the molecule is CNc1c(Cl)cnc2ccccc12. The van der Waals surface area contributed by atoms with E-state index in [1.54, 1.807) is 6.20 Å². The fourth-order valence-corrected chi connectivity index (χ4v) is 1.62. The van der Waals surface area contributed by atoms with Gasteiger partial charge in [-0.2, -0.15) is 0 Å². The van der Waals surface area contributed by atoms with Gasteiger partial charge in [-0.05, 0) is 6.07 Å². The number of hydrogen-bond acceptors (Lipinski definition) is 2. The van der Waals surface area contributed by atoms with Crippen LogP contribution >= 0.6 is 11.6 Å². The van der Waals surface area contributed by atoms with Crippen molar-refractivity contribution >= 4 is 28.2 Å². The summed E-state index contributed by atoms with van der Waals surface area (Å²) in [5, 5.41) is 4.77. The third-order valence-corrected chi connectivity index (χ3v) is 2.27. The van der Waals surface area contributed by atoms with Gasteiger partial charge < -0.3 is 5.32 Å². The smallest absolute Gasteiger partial charge is 0.0827 e. The van der Waals surface area contributed by atoms with Gasteiger partial charge in [0.15, 0.2) is 0 Å². The minimum Gasteiger partial charge on any atom is -0.386 e. The van der Waals surface area contributed by atoms with Crippen LogP contribution in [-0.2, 0) is 0 Å². The third-order valence-electron chi connectivity index (χ3n) is 1.98. The number of nitrogens with zero attached hydrogens (tertiary/aromatic N) is 1. The first-order valence-corrected chi connectivity index (χ1v) is 4.41. The number of anilines is 1. The van der Waals surface area contributed by atoms with Crippen molar-refractivity contribution < 1.29 is 0 Å². The molecule has 2 aromatic rings. The van der Waals surface area contributed by atoms with Gasteiger partial charge in [0.2, 0.25) is 0 Å². The van der Waals surface area contributed by atoms with Crippen LogP contribution in [0.5, 0.6) is 0 Å². The zero-order valence-corrected chi connectivity index (χ0v) is 7.97. The second kappa shape index (κ2) is 3.23. The lowest BCUT2D eigenvalue weighted by Gasteiger charge is -2.06. The predicted octanol–water partition coefficient (Wildman–Crippen LogP) is 2.93. The summed E-state index contributed by atoms with van der Waals surface area (Å²) in [6.07, 6.45) is 1.66. The number of hydrogen-bond donors (Lipinski definition) is 1. The van der Waals surface area contributed by atoms with Crippen LogP contribution < -0.4 is 5.32 Å². The Labute approximate surface area is 81.6 Å². The molecule has 0 unspecified atom stereocenters. The number of halogens is 1. The Hall–Kier alpha value is -1.28. The van der Waals surface area contributed by atoms with Crippen molar-refractivity contribution in [3.05, 3.63) is 35.5 Å². The quantitative estimate of drug-likeness (QED) is 0.752. The summed E-state index contributed by atoms with van der Waals surface area (Å²) < 4.78 is 0. The summed E-state index contributed by atoms with van der Waals surface area (Å²) in [6, 6.07) is 7.90. The maximum absolute atomic E-state index is 5.98. The van der Waals surface area contributed by atoms with E-state index in [1.165, 1.54) is 0 Å². The molecule has 66 valence electrons. The van der Waals surface area contributed by atoms with E-state index in [4.69, 9.17) is 11.6 Å². The maximum atomic E-state index is 5.98. The third kappa shape index (κ3) is 1.33. The van der Waals surface area contributed by atoms with Crippen LogP contribution in [0.15, 0.2) is 30.5 Å². The lowest BCUT2D eigenvalue weighted by Crippen LogP contribution is -1.92. The van der Waals surface area contributed by atoms with Crippen molar-refractivity contribution in [1.82, 2.24) is 4.98 Å². The number of pyridine rings is 1. The summed E-state index contributed by atoms with van der Waals surface area (Å²) in [4.78, 5) is 4.22. The largest absolute Gasteiger partial charge is 0.386 e. The molecule has 2 rings (SSSR count). The van der Waals surface area contributed by atoms with Crippen molar-refractivity contribution in [3.63, 3.8) is 0 Å². The maximum Gasteiger partial charge on any atom is 0.0827 e. The summed E-state index contributed by atoms with van der Waals surface area (Å²) in [7, 11) is 1.85. The van der Waals surface area contributed by atoms with E-state index < -0.39 is 0 Å². The van der Waals surface area contributed by atoms with E-state index >= 15 is 0 Å². The van der Waals surface area contributed by atoms with E-state index in [1.807, 2.05) is 31.3 Å². The molecule has 0 saturated carbocycles. The first-order chi connectivity index (χ1) is 6.33. The topological polar surface area (TPSA) is 24.9 Å². The summed E-state index contributed by atoms with van der Waals surface area (Å²) in [5.74, 6) is 0.